The Morgan fingerprint density at radius 2 is 2.40 bits per heavy atom. The Kier molecular flexibility index (Phi) is 2.24. The van der Waals surface area contributed by atoms with E-state index in [0.29, 0.717) is 16.1 Å². The van der Waals surface area contributed by atoms with E-state index in [1.54, 1.807) is 6.07 Å². The smallest absolute Gasteiger partial charge is 0.342 e. The highest BCUT2D eigenvalue weighted by Crippen LogP contribution is 2.29. The molecule has 2 aromatic rings. The molecule has 0 saturated carbocycles. The Morgan fingerprint density at radius 3 is 3.07 bits per heavy atom. The number of rotatable bonds is 1. The van der Waals surface area contributed by atoms with Crippen molar-refractivity contribution in [3.05, 3.63) is 23.0 Å². The molecule has 0 aliphatic carbocycles. The van der Waals surface area contributed by atoms with E-state index >= 15 is 0 Å². The summed E-state index contributed by atoms with van der Waals surface area (Å²) in [7, 11) is 1.28. The number of nitrogen functional groups attached to an aromatic ring is 1. The molecule has 0 aliphatic rings. The topological polar surface area (TPSA) is 81.0 Å². The number of nitrogens with one attached hydrogen (secondary N) is 1. The molecule has 1 aromatic heterocycles. The van der Waals surface area contributed by atoms with Crippen LogP contribution in [-0.2, 0) is 4.74 Å². The van der Waals surface area contributed by atoms with E-state index in [9.17, 15) is 4.79 Å². The van der Waals surface area contributed by atoms with Gasteiger partial charge in [-0.15, -0.1) is 0 Å². The number of methoxy groups -OCH3 is 1. The number of fused-ring (bicyclic) bond motifs is 1. The minimum atomic E-state index is -0.549. The number of aromatic nitrogens is 2. The summed E-state index contributed by atoms with van der Waals surface area (Å²) in [6.07, 6.45) is 1.47. The molecule has 0 saturated heterocycles. The Morgan fingerprint density at radius 1 is 1.67 bits per heavy atom. The number of imidazole rings is 1. The van der Waals surface area contributed by atoms with E-state index in [1.165, 1.54) is 13.4 Å². The summed E-state index contributed by atoms with van der Waals surface area (Å²) >= 11 is 5.87. The molecule has 78 valence electrons. The van der Waals surface area contributed by atoms with Crippen molar-refractivity contribution in [2.45, 2.75) is 0 Å². The van der Waals surface area contributed by atoms with Crippen LogP contribution in [0.3, 0.4) is 0 Å². The van der Waals surface area contributed by atoms with E-state index in [-0.39, 0.29) is 11.3 Å². The zero-order valence-electron chi connectivity index (χ0n) is 7.87. The van der Waals surface area contributed by atoms with Crippen LogP contribution in [0.5, 0.6) is 0 Å². The molecular formula is C9H8ClN3O2. The van der Waals surface area contributed by atoms with Gasteiger partial charge in [-0.2, -0.15) is 0 Å². The summed E-state index contributed by atoms with van der Waals surface area (Å²) in [6, 6.07) is 1.62. The van der Waals surface area contributed by atoms with Gasteiger partial charge >= 0.3 is 5.97 Å². The lowest BCUT2D eigenvalue weighted by Crippen LogP contribution is -2.07. The van der Waals surface area contributed by atoms with Gasteiger partial charge in [-0.05, 0) is 6.07 Å². The van der Waals surface area contributed by atoms with Gasteiger partial charge < -0.3 is 15.5 Å². The zero-order chi connectivity index (χ0) is 11.0. The highest BCUT2D eigenvalue weighted by molar-refractivity contribution is 6.35. The Labute approximate surface area is 90.2 Å². The number of H-pyrrole nitrogens is 1. The van der Waals surface area contributed by atoms with Crippen molar-refractivity contribution in [2.75, 3.05) is 12.8 Å². The summed E-state index contributed by atoms with van der Waals surface area (Å²) in [5, 5.41) is 0.298. The largest absolute Gasteiger partial charge is 0.465 e. The van der Waals surface area contributed by atoms with Gasteiger partial charge in [0.1, 0.15) is 11.1 Å². The van der Waals surface area contributed by atoms with Crippen molar-refractivity contribution < 1.29 is 9.53 Å². The quantitative estimate of drug-likeness (QED) is 0.570. The fraction of sp³-hybridized carbons (Fsp3) is 0.111. The number of nitrogens with zero attached hydrogens (tertiary/aromatic N) is 1. The van der Waals surface area contributed by atoms with Crippen molar-refractivity contribution in [3.63, 3.8) is 0 Å². The second kappa shape index (κ2) is 3.43. The van der Waals surface area contributed by atoms with Crippen LogP contribution in [0, 0.1) is 0 Å². The molecule has 0 aliphatic heterocycles. The number of aromatic amines is 1. The molecule has 0 fully saturated rings. The summed E-state index contributed by atoms with van der Waals surface area (Å²) in [5.41, 5.74) is 7.19. The predicted octanol–water partition coefficient (Wildman–Crippen LogP) is 1.59. The molecule has 1 heterocycles. The number of benzene rings is 1. The van der Waals surface area contributed by atoms with Crippen LogP contribution in [0.4, 0.5) is 5.69 Å². The van der Waals surface area contributed by atoms with Crippen molar-refractivity contribution in [1.82, 2.24) is 9.97 Å². The first-order valence-corrected chi connectivity index (χ1v) is 4.52. The van der Waals surface area contributed by atoms with Gasteiger partial charge in [0.15, 0.2) is 0 Å². The number of hydrogen-bond donors (Lipinski definition) is 2. The predicted molar refractivity (Wildman–Crippen MR) is 56.9 cm³/mol. The van der Waals surface area contributed by atoms with E-state index in [1.807, 2.05) is 0 Å². The minimum Gasteiger partial charge on any atom is -0.465 e. The molecule has 0 atom stereocenters. The minimum absolute atomic E-state index is 0.183. The lowest BCUT2D eigenvalue weighted by Gasteiger charge is -2.05. The molecule has 5 nitrogen and oxygen atoms in total. The molecule has 15 heavy (non-hydrogen) atoms. The van der Waals surface area contributed by atoms with Crippen LogP contribution >= 0.6 is 11.6 Å². The molecule has 6 heteroatoms. The molecule has 0 radical (unpaired) electrons. The number of carbonyl (C=O) groups excluding carboxylic acids is 1. The van der Waals surface area contributed by atoms with Gasteiger partial charge in [0.05, 0.1) is 29.7 Å². The third-order valence-electron chi connectivity index (χ3n) is 2.09. The maximum atomic E-state index is 11.5. The van der Waals surface area contributed by atoms with Gasteiger partial charge in [0.2, 0.25) is 0 Å². The molecule has 0 unspecified atom stereocenters. The van der Waals surface area contributed by atoms with Crippen LogP contribution in [0.15, 0.2) is 12.4 Å². The van der Waals surface area contributed by atoms with Gasteiger partial charge in [0, 0.05) is 0 Å². The van der Waals surface area contributed by atoms with Gasteiger partial charge in [0.25, 0.3) is 0 Å². The van der Waals surface area contributed by atoms with Crippen molar-refractivity contribution in [2.24, 2.45) is 0 Å². The molecule has 1 aromatic carbocycles. The van der Waals surface area contributed by atoms with E-state index in [2.05, 4.69) is 14.7 Å². The summed E-state index contributed by atoms with van der Waals surface area (Å²) in [5.74, 6) is -0.549. The van der Waals surface area contributed by atoms with E-state index in [4.69, 9.17) is 17.3 Å². The van der Waals surface area contributed by atoms with Crippen LogP contribution < -0.4 is 5.73 Å². The lowest BCUT2D eigenvalue weighted by molar-refractivity contribution is 0.0604. The third kappa shape index (κ3) is 1.41. The first-order chi connectivity index (χ1) is 7.15. The second-order valence-electron chi connectivity index (χ2n) is 2.94. The summed E-state index contributed by atoms with van der Waals surface area (Å²) in [6.45, 7) is 0. The van der Waals surface area contributed by atoms with Crippen LogP contribution in [0.1, 0.15) is 10.4 Å². The number of carbonyl (C=O) groups is 1. The van der Waals surface area contributed by atoms with Gasteiger partial charge in [-0.3, -0.25) is 0 Å². The molecule has 3 N–H and O–H groups in total. The molecule has 0 bridgehead atoms. The van der Waals surface area contributed by atoms with Crippen LogP contribution in [-0.4, -0.2) is 23.0 Å². The Bertz CT molecular complexity index is 535. The number of hydrogen-bond acceptors (Lipinski definition) is 4. The maximum absolute atomic E-state index is 11.5. The fourth-order valence-corrected chi connectivity index (χ4v) is 1.58. The lowest BCUT2D eigenvalue weighted by atomic mass is 10.1. The molecule has 2 rings (SSSR count). The van der Waals surface area contributed by atoms with Gasteiger partial charge in [-0.25, -0.2) is 9.78 Å². The number of ether oxygens (including phenoxy) is 1. The molecule has 0 amide bonds. The Hall–Kier alpha value is -1.75. The second-order valence-corrected chi connectivity index (χ2v) is 3.34. The average molecular weight is 226 g/mol. The van der Waals surface area contributed by atoms with Crippen LogP contribution in [0.2, 0.25) is 5.02 Å². The highest BCUT2D eigenvalue weighted by atomic mass is 35.5. The number of halogens is 1. The molecule has 0 spiro atoms. The van der Waals surface area contributed by atoms with Crippen molar-refractivity contribution in [3.8, 4) is 0 Å². The maximum Gasteiger partial charge on any atom is 0.342 e. The molecular weight excluding hydrogens is 218 g/mol. The number of anilines is 1. The van der Waals surface area contributed by atoms with Gasteiger partial charge in [-0.1, -0.05) is 11.6 Å². The monoisotopic (exact) mass is 225 g/mol. The van der Waals surface area contributed by atoms with E-state index < -0.39 is 5.97 Å². The SMILES string of the molecule is COC(=O)c1c(N)c(Cl)cc2[nH]cnc12. The summed E-state index contributed by atoms with van der Waals surface area (Å²) in [4.78, 5) is 18.3. The van der Waals surface area contributed by atoms with Crippen molar-refractivity contribution in [1.29, 1.82) is 0 Å². The highest BCUT2D eigenvalue weighted by Gasteiger charge is 2.18. The van der Waals surface area contributed by atoms with E-state index in [0.717, 1.165) is 0 Å². The van der Waals surface area contributed by atoms with Crippen LogP contribution in [0.25, 0.3) is 11.0 Å². The standard InChI is InChI=1S/C9H8ClN3O2/c1-15-9(14)6-7(11)4(10)2-5-8(6)13-3-12-5/h2-3H,11H2,1H3,(H,12,13). The first-order valence-electron chi connectivity index (χ1n) is 4.14. The fourth-order valence-electron chi connectivity index (χ4n) is 1.37. The average Bonchev–Trinajstić information content (AvgIpc) is 2.66. The first kappa shape index (κ1) is 9.79. The third-order valence-corrected chi connectivity index (χ3v) is 2.41. The number of esters is 1. The number of nitrogens with two attached hydrogens (primary N) is 1. The Balaban J connectivity index is 2.83. The summed E-state index contributed by atoms with van der Waals surface area (Å²) < 4.78 is 4.62. The zero-order valence-corrected chi connectivity index (χ0v) is 8.63. The van der Waals surface area contributed by atoms with Crippen molar-refractivity contribution >= 4 is 34.3 Å². The normalized spacial score (nSPS) is 10.5.